The van der Waals surface area contributed by atoms with Gasteiger partial charge in [-0.3, -0.25) is 0 Å². The van der Waals surface area contributed by atoms with Gasteiger partial charge in [0.05, 0.1) is 17.8 Å². The lowest BCUT2D eigenvalue weighted by molar-refractivity contribution is 0.0697. The van der Waals surface area contributed by atoms with E-state index in [-0.39, 0.29) is 11.3 Å². The quantitative estimate of drug-likeness (QED) is 0.510. The number of halogens is 1. The highest BCUT2D eigenvalue weighted by Gasteiger charge is 2.13. The zero-order chi connectivity index (χ0) is 10.0. The van der Waals surface area contributed by atoms with Crippen LogP contribution in [-0.4, -0.2) is 11.1 Å². The van der Waals surface area contributed by atoms with Crippen LogP contribution in [-0.2, 0) is 0 Å². The normalized spacial score (nSPS) is 9.23. The smallest absolute Gasteiger partial charge is 0.336 e. The molecule has 5 heteroatoms. The van der Waals surface area contributed by atoms with Crippen molar-refractivity contribution in [2.45, 2.75) is 0 Å². The molecule has 66 valence electrons. The fourth-order valence-corrected chi connectivity index (χ4v) is 0.845. The molecule has 13 heavy (non-hydrogen) atoms. The van der Waals surface area contributed by atoms with Crippen LogP contribution in [0, 0.1) is 12.4 Å². The van der Waals surface area contributed by atoms with Crippen LogP contribution < -0.4 is 5.73 Å². The fourth-order valence-electron chi connectivity index (χ4n) is 0.845. The first kappa shape index (κ1) is 9.00. The molecule has 0 unspecified atom stereocenters. The van der Waals surface area contributed by atoms with Crippen molar-refractivity contribution in [1.82, 2.24) is 0 Å². The largest absolute Gasteiger partial charge is 0.478 e. The van der Waals surface area contributed by atoms with Crippen LogP contribution in [0.1, 0.15) is 10.4 Å². The first-order valence-electron chi connectivity index (χ1n) is 3.26. The number of nitrogens with zero attached hydrogens (tertiary/aromatic N) is 1. The van der Waals surface area contributed by atoms with E-state index in [0.29, 0.717) is 0 Å². The summed E-state index contributed by atoms with van der Waals surface area (Å²) in [5.74, 6) is -2.23. The van der Waals surface area contributed by atoms with Crippen molar-refractivity contribution in [2.24, 2.45) is 0 Å². The maximum absolute atomic E-state index is 12.9. The summed E-state index contributed by atoms with van der Waals surface area (Å²) >= 11 is 0. The number of aromatic carboxylic acids is 1. The Balaban J connectivity index is 3.44. The monoisotopic (exact) mass is 180 g/mol. The molecule has 0 saturated heterocycles. The van der Waals surface area contributed by atoms with E-state index in [0.717, 1.165) is 12.1 Å². The van der Waals surface area contributed by atoms with Crippen LogP contribution in [0.15, 0.2) is 12.1 Å². The van der Waals surface area contributed by atoms with E-state index in [2.05, 4.69) is 4.85 Å². The Kier molecular flexibility index (Phi) is 2.15. The third-order valence-electron chi connectivity index (χ3n) is 1.47. The van der Waals surface area contributed by atoms with Crippen LogP contribution in [0.5, 0.6) is 0 Å². The Morgan fingerprint density at radius 2 is 2.23 bits per heavy atom. The van der Waals surface area contributed by atoms with Gasteiger partial charge in [0.15, 0.2) is 5.69 Å². The lowest BCUT2D eigenvalue weighted by atomic mass is 10.1. The predicted octanol–water partition coefficient (Wildman–Crippen LogP) is 1.66. The van der Waals surface area contributed by atoms with Gasteiger partial charge in [-0.2, -0.15) is 0 Å². The lowest BCUT2D eigenvalue weighted by Gasteiger charge is -2.01. The first-order valence-corrected chi connectivity index (χ1v) is 3.26. The number of hydrogen-bond acceptors (Lipinski definition) is 2. The summed E-state index contributed by atoms with van der Waals surface area (Å²) in [5, 5.41) is 8.56. The molecule has 0 heterocycles. The van der Waals surface area contributed by atoms with Crippen molar-refractivity contribution in [3.8, 4) is 0 Å². The van der Waals surface area contributed by atoms with Crippen molar-refractivity contribution >= 4 is 17.3 Å². The van der Waals surface area contributed by atoms with Gasteiger partial charge in [0.2, 0.25) is 0 Å². The molecule has 1 rings (SSSR count). The van der Waals surface area contributed by atoms with Crippen LogP contribution in [0.3, 0.4) is 0 Å². The van der Waals surface area contributed by atoms with Gasteiger partial charge in [0.25, 0.3) is 0 Å². The van der Waals surface area contributed by atoms with E-state index in [1.807, 2.05) is 0 Å². The molecular weight excluding hydrogens is 175 g/mol. The molecule has 0 atom stereocenters. The summed E-state index contributed by atoms with van der Waals surface area (Å²) in [6.45, 7) is 6.57. The van der Waals surface area contributed by atoms with Gasteiger partial charge in [-0.15, -0.1) is 0 Å². The summed E-state index contributed by atoms with van der Waals surface area (Å²) in [6, 6.07) is 1.93. The minimum atomic E-state index is -1.35. The van der Waals surface area contributed by atoms with Crippen LogP contribution >= 0.6 is 0 Å². The number of carbonyl (C=O) groups is 1. The molecule has 0 bridgehead atoms. The van der Waals surface area contributed by atoms with Crippen LogP contribution in [0.4, 0.5) is 15.8 Å². The van der Waals surface area contributed by atoms with E-state index in [1.165, 1.54) is 0 Å². The minimum absolute atomic E-state index is 0.0795. The summed E-state index contributed by atoms with van der Waals surface area (Å²) < 4.78 is 12.9. The van der Waals surface area contributed by atoms with Gasteiger partial charge in [0.1, 0.15) is 5.82 Å². The van der Waals surface area contributed by atoms with Crippen molar-refractivity contribution in [3.05, 3.63) is 34.9 Å². The third kappa shape index (κ3) is 1.56. The second-order valence-electron chi connectivity index (χ2n) is 2.31. The average Bonchev–Trinajstić information content (AvgIpc) is 2.09. The van der Waals surface area contributed by atoms with Gasteiger partial charge < -0.3 is 10.8 Å². The molecule has 1 aromatic carbocycles. The summed E-state index contributed by atoms with van der Waals surface area (Å²) in [4.78, 5) is 13.4. The molecule has 0 radical (unpaired) electrons. The Morgan fingerprint density at radius 1 is 1.62 bits per heavy atom. The summed E-state index contributed by atoms with van der Waals surface area (Å²) in [5.41, 5.74) is 4.24. The second-order valence-corrected chi connectivity index (χ2v) is 2.31. The molecule has 4 nitrogen and oxygen atoms in total. The zero-order valence-electron chi connectivity index (χ0n) is 6.41. The number of carboxylic acids is 1. The molecule has 0 aliphatic rings. The molecule has 0 amide bonds. The highest BCUT2D eigenvalue weighted by molar-refractivity contribution is 5.95. The van der Waals surface area contributed by atoms with Crippen LogP contribution in [0.25, 0.3) is 4.85 Å². The molecule has 0 saturated carbocycles. The van der Waals surface area contributed by atoms with Gasteiger partial charge in [0, 0.05) is 0 Å². The molecule has 0 aliphatic heterocycles. The molecule has 0 aromatic heterocycles. The van der Waals surface area contributed by atoms with E-state index in [9.17, 15) is 9.18 Å². The Bertz CT molecular complexity index is 409. The number of carboxylic acid groups (broad SMARTS) is 1. The average molecular weight is 180 g/mol. The van der Waals surface area contributed by atoms with Crippen molar-refractivity contribution in [1.29, 1.82) is 0 Å². The molecule has 0 aliphatic carbocycles. The minimum Gasteiger partial charge on any atom is -0.478 e. The fraction of sp³-hybridized carbons (Fsp3) is 0. The number of nitrogen functional groups attached to an aromatic ring is 1. The molecule has 0 spiro atoms. The zero-order valence-corrected chi connectivity index (χ0v) is 6.41. The molecule has 0 fully saturated rings. The van der Waals surface area contributed by atoms with Gasteiger partial charge >= 0.3 is 5.97 Å². The second kappa shape index (κ2) is 3.11. The number of anilines is 1. The standard InChI is InChI=1S/C8H5FN2O2/c1-11-4-2-5(8(12)13)7(10)6(9)3-4/h2-3H,10H2,(H,12,13). The molecule has 1 aromatic rings. The molecular formula is C8H5FN2O2. The van der Waals surface area contributed by atoms with E-state index in [1.54, 1.807) is 0 Å². The third-order valence-corrected chi connectivity index (χ3v) is 1.47. The maximum atomic E-state index is 12.9. The van der Waals surface area contributed by atoms with Crippen molar-refractivity contribution in [3.63, 3.8) is 0 Å². The van der Waals surface area contributed by atoms with E-state index in [4.69, 9.17) is 17.4 Å². The Labute approximate surface area is 73.2 Å². The van der Waals surface area contributed by atoms with Crippen molar-refractivity contribution in [2.75, 3.05) is 5.73 Å². The van der Waals surface area contributed by atoms with E-state index >= 15 is 0 Å². The highest BCUT2D eigenvalue weighted by Crippen LogP contribution is 2.23. The SMILES string of the molecule is [C-]#[N+]c1cc(F)c(N)c(C(=O)O)c1. The Hall–Kier alpha value is -2.09. The maximum Gasteiger partial charge on any atom is 0.336 e. The molecule has 3 N–H and O–H groups in total. The van der Waals surface area contributed by atoms with Gasteiger partial charge in [-0.25, -0.2) is 14.0 Å². The van der Waals surface area contributed by atoms with E-state index < -0.39 is 17.5 Å². The number of nitrogens with two attached hydrogens (primary N) is 1. The number of rotatable bonds is 1. The predicted molar refractivity (Wildman–Crippen MR) is 44.0 cm³/mol. The Morgan fingerprint density at radius 3 is 2.69 bits per heavy atom. The van der Waals surface area contributed by atoms with Crippen LogP contribution in [0.2, 0.25) is 0 Å². The summed E-state index contributed by atoms with van der Waals surface area (Å²) in [7, 11) is 0. The number of hydrogen-bond donors (Lipinski definition) is 2. The summed E-state index contributed by atoms with van der Waals surface area (Å²) in [6.07, 6.45) is 0. The van der Waals surface area contributed by atoms with Crippen molar-refractivity contribution < 1.29 is 14.3 Å². The number of benzene rings is 1. The van der Waals surface area contributed by atoms with Gasteiger partial charge in [-0.05, 0) is 12.1 Å². The lowest BCUT2D eigenvalue weighted by Crippen LogP contribution is -2.04. The first-order chi connectivity index (χ1) is 6.06. The topological polar surface area (TPSA) is 67.7 Å². The highest BCUT2D eigenvalue weighted by atomic mass is 19.1. The van der Waals surface area contributed by atoms with Gasteiger partial charge in [-0.1, -0.05) is 0 Å².